The SMILES string of the molecule is CC(C)(C)CNC(=O)c1cccc(F)c1N. The Hall–Kier alpha value is -1.58. The molecule has 0 aliphatic heterocycles. The van der Waals surface area contributed by atoms with Crippen molar-refractivity contribution in [3.63, 3.8) is 0 Å². The van der Waals surface area contributed by atoms with E-state index in [1.54, 1.807) is 0 Å². The zero-order chi connectivity index (χ0) is 12.3. The van der Waals surface area contributed by atoms with E-state index in [0.29, 0.717) is 6.54 Å². The van der Waals surface area contributed by atoms with Gasteiger partial charge in [0.25, 0.3) is 5.91 Å². The molecule has 0 aliphatic carbocycles. The smallest absolute Gasteiger partial charge is 0.253 e. The van der Waals surface area contributed by atoms with Crippen LogP contribution in [0.5, 0.6) is 0 Å². The second kappa shape index (κ2) is 4.51. The van der Waals surface area contributed by atoms with Crippen molar-refractivity contribution in [2.45, 2.75) is 20.8 Å². The lowest BCUT2D eigenvalue weighted by Crippen LogP contribution is -2.32. The van der Waals surface area contributed by atoms with Crippen LogP contribution in [0.25, 0.3) is 0 Å². The zero-order valence-electron chi connectivity index (χ0n) is 9.80. The van der Waals surface area contributed by atoms with Crippen molar-refractivity contribution in [3.8, 4) is 0 Å². The fourth-order valence-electron chi connectivity index (χ4n) is 1.18. The first-order chi connectivity index (χ1) is 7.31. The van der Waals surface area contributed by atoms with Gasteiger partial charge in [0.15, 0.2) is 0 Å². The first-order valence-electron chi connectivity index (χ1n) is 5.13. The summed E-state index contributed by atoms with van der Waals surface area (Å²) in [7, 11) is 0. The van der Waals surface area contributed by atoms with Crippen molar-refractivity contribution in [1.82, 2.24) is 5.32 Å². The standard InChI is InChI=1S/C12H17FN2O/c1-12(2,3)7-15-11(16)8-5-4-6-9(13)10(8)14/h4-6H,7,14H2,1-3H3,(H,15,16). The van der Waals surface area contributed by atoms with Crippen LogP contribution in [0.3, 0.4) is 0 Å². The number of hydrogen-bond acceptors (Lipinski definition) is 2. The third kappa shape index (κ3) is 3.22. The normalized spacial score (nSPS) is 11.2. The molecule has 88 valence electrons. The highest BCUT2D eigenvalue weighted by Gasteiger charge is 2.15. The number of carbonyl (C=O) groups excluding carboxylic acids is 1. The molecule has 1 aromatic carbocycles. The maximum Gasteiger partial charge on any atom is 0.253 e. The van der Waals surface area contributed by atoms with E-state index in [1.165, 1.54) is 18.2 Å². The third-order valence-corrected chi connectivity index (χ3v) is 2.08. The van der Waals surface area contributed by atoms with E-state index in [9.17, 15) is 9.18 Å². The minimum atomic E-state index is -0.566. The number of hydrogen-bond donors (Lipinski definition) is 2. The van der Waals surface area contributed by atoms with Gasteiger partial charge < -0.3 is 11.1 Å². The second-order valence-corrected chi connectivity index (χ2v) is 4.94. The largest absolute Gasteiger partial charge is 0.396 e. The van der Waals surface area contributed by atoms with Crippen molar-refractivity contribution in [2.75, 3.05) is 12.3 Å². The molecule has 3 N–H and O–H groups in total. The highest BCUT2D eigenvalue weighted by Crippen LogP contribution is 2.16. The van der Waals surface area contributed by atoms with E-state index < -0.39 is 5.82 Å². The number of para-hydroxylation sites is 1. The summed E-state index contributed by atoms with van der Waals surface area (Å²) in [6.07, 6.45) is 0. The molecule has 0 heterocycles. The van der Waals surface area contributed by atoms with Gasteiger partial charge in [-0.05, 0) is 17.5 Å². The lowest BCUT2D eigenvalue weighted by atomic mass is 9.97. The first kappa shape index (κ1) is 12.5. The zero-order valence-corrected chi connectivity index (χ0v) is 9.80. The third-order valence-electron chi connectivity index (χ3n) is 2.08. The fourth-order valence-corrected chi connectivity index (χ4v) is 1.18. The average Bonchev–Trinajstić information content (AvgIpc) is 2.17. The molecule has 0 bridgehead atoms. The Morgan fingerprint density at radius 2 is 2.06 bits per heavy atom. The predicted octanol–water partition coefficient (Wildman–Crippen LogP) is 2.18. The lowest BCUT2D eigenvalue weighted by Gasteiger charge is -2.19. The molecule has 1 rings (SSSR count). The fraction of sp³-hybridized carbons (Fsp3) is 0.417. The molecule has 0 fully saturated rings. The monoisotopic (exact) mass is 224 g/mol. The van der Waals surface area contributed by atoms with Crippen molar-refractivity contribution in [3.05, 3.63) is 29.6 Å². The molecule has 0 saturated carbocycles. The number of rotatable bonds is 2. The maximum atomic E-state index is 13.1. The molecule has 0 aromatic heterocycles. The summed E-state index contributed by atoms with van der Waals surface area (Å²) >= 11 is 0. The molecule has 1 amide bonds. The number of anilines is 1. The number of nitrogen functional groups attached to an aromatic ring is 1. The summed E-state index contributed by atoms with van der Waals surface area (Å²) in [5, 5.41) is 2.72. The molecule has 0 spiro atoms. The molecule has 4 heteroatoms. The van der Waals surface area contributed by atoms with Crippen LogP contribution in [-0.2, 0) is 0 Å². The molecule has 0 aliphatic rings. The van der Waals surface area contributed by atoms with Crippen LogP contribution < -0.4 is 11.1 Å². The van der Waals surface area contributed by atoms with Crippen LogP contribution in [0, 0.1) is 11.2 Å². The Balaban J connectivity index is 2.78. The quantitative estimate of drug-likeness (QED) is 0.756. The van der Waals surface area contributed by atoms with Gasteiger partial charge in [0, 0.05) is 6.54 Å². The predicted molar refractivity (Wildman–Crippen MR) is 62.6 cm³/mol. The number of benzene rings is 1. The van der Waals surface area contributed by atoms with Gasteiger partial charge in [-0.15, -0.1) is 0 Å². The van der Waals surface area contributed by atoms with Crippen LogP contribution in [0.1, 0.15) is 31.1 Å². The van der Waals surface area contributed by atoms with E-state index in [-0.39, 0.29) is 22.6 Å². The average molecular weight is 224 g/mol. The molecule has 0 saturated heterocycles. The number of halogens is 1. The van der Waals surface area contributed by atoms with E-state index in [4.69, 9.17) is 5.73 Å². The van der Waals surface area contributed by atoms with Crippen LogP contribution in [0.15, 0.2) is 18.2 Å². The van der Waals surface area contributed by atoms with E-state index in [1.807, 2.05) is 20.8 Å². The number of nitrogens with two attached hydrogens (primary N) is 1. The molecular formula is C12H17FN2O. The maximum absolute atomic E-state index is 13.1. The summed E-state index contributed by atoms with van der Waals surface area (Å²) in [5.41, 5.74) is 5.55. The van der Waals surface area contributed by atoms with Crippen molar-refractivity contribution in [1.29, 1.82) is 0 Å². The molecule has 16 heavy (non-hydrogen) atoms. The molecule has 0 atom stereocenters. The molecule has 3 nitrogen and oxygen atoms in total. The number of nitrogens with one attached hydrogen (secondary N) is 1. The highest BCUT2D eigenvalue weighted by molar-refractivity contribution is 5.99. The van der Waals surface area contributed by atoms with Crippen LogP contribution in [0.2, 0.25) is 0 Å². The Bertz CT molecular complexity index is 396. The van der Waals surface area contributed by atoms with Gasteiger partial charge in [-0.2, -0.15) is 0 Å². The van der Waals surface area contributed by atoms with Crippen LogP contribution in [0.4, 0.5) is 10.1 Å². The Kier molecular flexibility index (Phi) is 3.52. The van der Waals surface area contributed by atoms with Crippen molar-refractivity contribution in [2.24, 2.45) is 5.41 Å². The van der Waals surface area contributed by atoms with Crippen molar-refractivity contribution < 1.29 is 9.18 Å². The Morgan fingerprint density at radius 1 is 1.44 bits per heavy atom. The van der Waals surface area contributed by atoms with Gasteiger partial charge in [-0.25, -0.2) is 4.39 Å². The van der Waals surface area contributed by atoms with Crippen LogP contribution in [-0.4, -0.2) is 12.5 Å². The van der Waals surface area contributed by atoms with Crippen LogP contribution >= 0.6 is 0 Å². The van der Waals surface area contributed by atoms with Gasteiger partial charge in [0.05, 0.1) is 11.3 Å². The summed E-state index contributed by atoms with van der Waals surface area (Å²) in [4.78, 5) is 11.7. The Labute approximate surface area is 94.8 Å². The number of amides is 1. The van der Waals surface area contributed by atoms with Gasteiger partial charge in [-0.1, -0.05) is 26.8 Å². The van der Waals surface area contributed by atoms with E-state index >= 15 is 0 Å². The van der Waals surface area contributed by atoms with E-state index in [2.05, 4.69) is 5.32 Å². The van der Waals surface area contributed by atoms with Gasteiger partial charge in [0.1, 0.15) is 5.82 Å². The first-order valence-corrected chi connectivity index (χ1v) is 5.13. The highest BCUT2D eigenvalue weighted by atomic mass is 19.1. The van der Waals surface area contributed by atoms with Crippen molar-refractivity contribution >= 4 is 11.6 Å². The topological polar surface area (TPSA) is 55.1 Å². The minimum absolute atomic E-state index is 0.0161. The number of carbonyl (C=O) groups is 1. The van der Waals surface area contributed by atoms with Gasteiger partial charge >= 0.3 is 0 Å². The summed E-state index contributed by atoms with van der Waals surface area (Å²) in [6, 6.07) is 4.21. The molecular weight excluding hydrogens is 207 g/mol. The van der Waals surface area contributed by atoms with Gasteiger partial charge in [-0.3, -0.25) is 4.79 Å². The summed E-state index contributed by atoms with van der Waals surface area (Å²) < 4.78 is 13.1. The second-order valence-electron chi connectivity index (χ2n) is 4.94. The molecule has 0 unspecified atom stereocenters. The summed E-state index contributed by atoms with van der Waals surface area (Å²) in [6.45, 7) is 6.52. The molecule has 1 aromatic rings. The lowest BCUT2D eigenvalue weighted by molar-refractivity contribution is 0.0940. The van der Waals surface area contributed by atoms with Gasteiger partial charge in [0.2, 0.25) is 0 Å². The van der Waals surface area contributed by atoms with E-state index in [0.717, 1.165) is 0 Å². The minimum Gasteiger partial charge on any atom is -0.396 e. The summed E-state index contributed by atoms with van der Waals surface area (Å²) in [5.74, 6) is -0.907. The molecule has 0 radical (unpaired) electrons. The Morgan fingerprint density at radius 3 is 2.62 bits per heavy atom.